The van der Waals surface area contributed by atoms with Gasteiger partial charge in [0.1, 0.15) is 5.82 Å². The van der Waals surface area contributed by atoms with Crippen molar-refractivity contribution in [2.24, 2.45) is 11.8 Å². The van der Waals surface area contributed by atoms with E-state index in [1.54, 1.807) is 7.11 Å². The molecule has 1 atom stereocenters. The Hall–Kier alpha value is -1.49. The first kappa shape index (κ1) is 15.9. The Labute approximate surface area is 127 Å². The average Bonchev–Trinajstić information content (AvgIpc) is 2.47. The maximum Gasteiger partial charge on any atom is 0.239 e. The lowest BCUT2D eigenvalue weighted by Gasteiger charge is -2.33. The minimum atomic E-state index is 0.455. The third-order valence-electron chi connectivity index (χ3n) is 3.67. The quantitative estimate of drug-likeness (QED) is 0.873. The number of aromatic nitrogens is 1. The molecule has 1 aliphatic heterocycles. The summed E-state index contributed by atoms with van der Waals surface area (Å²) in [6.07, 6.45) is 2.39. The minimum Gasteiger partial charge on any atom is -0.476 e. The number of pyridine rings is 1. The molecule has 118 valence electrons. The molecular weight excluding hydrogens is 266 g/mol. The van der Waals surface area contributed by atoms with Gasteiger partial charge in [0, 0.05) is 20.2 Å². The number of methoxy groups -OCH3 is 1. The van der Waals surface area contributed by atoms with Crippen molar-refractivity contribution >= 4 is 11.5 Å². The second-order valence-corrected chi connectivity index (χ2v) is 6.18. The summed E-state index contributed by atoms with van der Waals surface area (Å²) >= 11 is 0. The lowest BCUT2D eigenvalue weighted by Crippen LogP contribution is -2.37. The number of ether oxygens (including phenoxy) is 2. The largest absolute Gasteiger partial charge is 0.476 e. The van der Waals surface area contributed by atoms with Gasteiger partial charge in [0.25, 0.3) is 0 Å². The highest BCUT2D eigenvalue weighted by Gasteiger charge is 2.21. The molecule has 0 radical (unpaired) electrons. The molecule has 21 heavy (non-hydrogen) atoms. The minimum absolute atomic E-state index is 0.455. The normalized spacial score (nSPS) is 19.0. The van der Waals surface area contributed by atoms with E-state index in [9.17, 15) is 0 Å². The van der Waals surface area contributed by atoms with Crippen LogP contribution in [-0.2, 0) is 4.74 Å². The van der Waals surface area contributed by atoms with Crippen LogP contribution in [0.1, 0.15) is 26.7 Å². The van der Waals surface area contributed by atoms with Crippen LogP contribution in [0, 0.1) is 11.8 Å². The molecule has 0 saturated carbocycles. The standard InChI is InChI=1S/C16H27N3O2/c1-12(2)10-21-16-14(17)6-7-15(18-16)19-8-4-5-13(9-19)11-20-3/h6-7,12-13H,4-5,8-11,17H2,1-3H3. The van der Waals surface area contributed by atoms with Crippen molar-refractivity contribution < 1.29 is 9.47 Å². The second-order valence-electron chi connectivity index (χ2n) is 6.18. The van der Waals surface area contributed by atoms with Crippen molar-refractivity contribution in [2.75, 3.05) is 44.0 Å². The van der Waals surface area contributed by atoms with Crippen LogP contribution in [0.25, 0.3) is 0 Å². The van der Waals surface area contributed by atoms with E-state index in [0.717, 1.165) is 25.5 Å². The number of hydrogen-bond donors (Lipinski definition) is 1. The van der Waals surface area contributed by atoms with E-state index in [-0.39, 0.29) is 0 Å². The van der Waals surface area contributed by atoms with Gasteiger partial charge in [-0.25, -0.2) is 0 Å². The Bertz CT molecular complexity index is 449. The molecule has 1 aromatic heterocycles. The SMILES string of the molecule is COCC1CCCN(c2ccc(N)c(OCC(C)C)n2)C1. The Morgan fingerprint density at radius 3 is 2.95 bits per heavy atom. The van der Waals surface area contributed by atoms with E-state index in [0.29, 0.717) is 30.0 Å². The fraction of sp³-hybridized carbons (Fsp3) is 0.688. The zero-order valence-electron chi connectivity index (χ0n) is 13.3. The number of piperidine rings is 1. The molecule has 1 unspecified atom stereocenters. The average molecular weight is 293 g/mol. The van der Waals surface area contributed by atoms with Crippen LogP contribution in [0.15, 0.2) is 12.1 Å². The first-order valence-electron chi connectivity index (χ1n) is 7.73. The van der Waals surface area contributed by atoms with Crippen molar-refractivity contribution in [2.45, 2.75) is 26.7 Å². The van der Waals surface area contributed by atoms with Gasteiger partial charge in [0.05, 0.1) is 18.9 Å². The molecule has 2 rings (SSSR count). The monoisotopic (exact) mass is 293 g/mol. The molecule has 2 N–H and O–H groups in total. The molecule has 1 fully saturated rings. The number of anilines is 2. The Kier molecular flexibility index (Phi) is 5.67. The predicted octanol–water partition coefficient (Wildman–Crippen LogP) is 2.56. The van der Waals surface area contributed by atoms with E-state index < -0.39 is 0 Å². The topological polar surface area (TPSA) is 60.6 Å². The van der Waals surface area contributed by atoms with E-state index in [1.165, 1.54) is 12.8 Å². The van der Waals surface area contributed by atoms with E-state index in [1.807, 2.05) is 12.1 Å². The van der Waals surface area contributed by atoms with Gasteiger partial charge in [0.2, 0.25) is 5.88 Å². The van der Waals surface area contributed by atoms with Crippen LogP contribution in [0.5, 0.6) is 5.88 Å². The highest BCUT2D eigenvalue weighted by Crippen LogP contribution is 2.27. The van der Waals surface area contributed by atoms with E-state index in [4.69, 9.17) is 15.2 Å². The predicted molar refractivity (Wildman–Crippen MR) is 85.8 cm³/mol. The van der Waals surface area contributed by atoms with E-state index >= 15 is 0 Å². The summed E-state index contributed by atoms with van der Waals surface area (Å²) in [7, 11) is 1.76. The first-order valence-corrected chi connectivity index (χ1v) is 7.73. The number of nitrogens with zero attached hydrogens (tertiary/aromatic N) is 2. The van der Waals surface area contributed by atoms with Gasteiger partial charge in [-0.15, -0.1) is 0 Å². The molecule has 0 aliphatic carbocycles. The Morgan fingerprint density at radius 1 is 1.43 bits per heavy atom. The Balaban J connectivity index is 2.06. The first-order chi connectivity index (χ1) is 10.1. The molecule has 0 amide bonds. The molecule has 0 spiro atoms. The molecule has 0 aromatic carbocycles. The van der Waals surface area contributed by atoms with Crippen LogP contribution in [0.3, 0.4) is 0 Å². The fourth-order valence-electron chi connectivity index (χ4n) is 2.62. The lowest BCUT2D eigenvalue weighted by molar-refractivity contribution is 0.143. The van der Waals surface area contributed by atoms with Gasteiger partial charge in [-0.05, 0) is 36.8 Å². The molecule has 5 heteroatoms. The van der Waals surface area contributed by atoms with Gasteiger partial charge in [0.15, 0.2) is 0 Å². The smallest absolute Gasteiger partial charge is 0.239 e. The highest BCUT2D eigenvalue weighted by molar-refractivity contribution is 5.54. The van der Waals surface area contributed by atoms with Crippen LogP contribution in [0.4, 0.5) is 11.5 Å². The number of hydrogen-bond acceptors (Lipinski definition) is 5. The van der Waals surface area contributed by atoms with Crippen molar-refractivity contribution in [1.82, 2.24) is 4.98 Å². The molecular formula is C16H27N3O2. The summed E-state index contributed by atoms with van der Waals surface area (Å²) < 4.78 is 11.0. The molecule has 0 bridgehead atoms. The highest BCUT2D eigenvalue weighted by atomic mass is 16.5. The number of rotatable bonds is 6. The van der Waals surface area contributed by atoms with Crippen LogP contribution in [-0.4, -0.2) is 38.4 Å². The molecule has 5 nitrogen and oxygen atoms in total. The fourth-order valence-corrected chi connectivity index (χ4v) is 2.62. The van der Waals surface area contributed by atoms with Crippen molar-refractivity contribution in [1.29, 1.82) is 0 Å². The number of nitrogens with two attached hydrogens (primary N) is 1. The maximum absolute atomic E-state index is 5.95. The third-order valence-corrected chi connectivity index (χ3v) is 3.67. The van der Waals surface area contributed by atoms with Gasteiger partial charge in [-0.2, -0.15) is 4.98 Å². The summed E-state index contributed by atoms with van der Waals surface area (Å²) in [4.78, 5) is 6.90. The van der Waals surface area contributed by atoms with Gasteiger partial charge in [-0.1, -0.05) is 13.8 Å². The summed E-state index contributed by atoms with van der Waals surface area (Å²) in [6.45, 7) is 7.67. The van der Waals surface area contributed by atoms with Gasteiger partial charge < -0.3 is 20.1 Å². The van der Waals surface area contributed by atoms with Crippen molar-refractivity contribution in [3.8, 4) is 5.88 Å². The molecule has 1 aliphatic rings. The van der Waals surface area contributed by atoms with Crippen molar-refractivity contribution in [3.63, 3.8) is 0 Å². The maximum atomic E-state index is 5.95. The lowest BCUT2D eigenvalue weighted by atomic mass is 9.99. The zero-order chi connectivity index (χ0) is 15.2. The summed E-state index contributed by atoms with van der Waals surface area (Å²) in [5.74, 6) is 2.53. The van der Waals surface area contributed by atoms with Crippen LogP contribution >= 0.6 is 0 Å². The summed E-state index contributed by atoms with van der Waals surface area (Å²) in [5, 5.41) is 0. The molecule has 1 saturated heterocycles. The molecule has 1 aromatic rings. The van der Waals surface area contributed by atoms with Gasteiger partial charge in [-0.3, -0.25) is 0 Å². The van der Waals surface area contributed by atoms with Crippen LogP contribution < -0.4 is 15.4 Å². The Morgan fingerprint density at radius 2 is 2.24 bits per heavy atom. The summed E-state index contributed by atoms with van der Waals surface area (Å²) in [5.41, 5.74) is 6.56. The number of nitrogen functional groups attached to an aromatic ring is 1. The molecule has 2 heterocycles. The second kappa shape index (κ2) is 7.50. The summed E-state index contributed by atoms with van der Waals surface area (Å²) in [6, 6.07) is 3.87. The van der Waals surface area contributed by atoms with Crippen molar-refractivity contribution in [3.05, 3.63) is 12.1 Å². The van der Waals surface area contributed by atoms with E-state index in [2.05, 4.69) is 23.7 Å². The van der Waals surface area contributed by atoms with Gasteiger partial charge >= 0.3 is 0 Å². The van der Waals surface area contributed by atoms with Crippen LogP contribution in [0.2, 0.25) is 0 Å². The third kappa shape index (κ3) is 4.49. The zero-order valence-corrected chi connectivity index (χ0v) is 13.3.